The Morgan fingerprint density at radius 2 is 1.93 bits per heavy atom. The molecule has 0 N–H and O–H groups in total. The summed E-state index contributed by atoms with van der Waals surface area (Å²) >= 11 is 1.35. The van der Waals surface area contributed by atoms with Gasteiger partial charge in [0, 0.05) is 17.4 Å². The first-order valence-corrected chi connectivity index (χ1v) is 5.07. The minimum atomic E-state index is -0.256. The zero-order valence-corrected chi connectivity index (χ0v) is 9.46. The quantitative estimate of drug-likeness (QED) is 0.705. The minimum absolute atomic E-state index is 0.0747. The average molecular weight is 213 g/mol. The van der Waals surface area contributed by atoms with Crippen molar-refractivity contribution in [2.24, 2.45) is 0 Å². The molecule has 1 heterocycles. The van der Waals surface area contributed by atoms with Crippen LogP contribution < -0.4 is 0 Å². The summed E-state index contributed by atoms with van der Waals surface area (Å²) in [6, 6.07) is 0. The van der Waals surface area contributed by atoms with E-state index >= 15 is 0 Å². The Labute approximate surface area is 86.5 Å². The number of allylic oxidation sites excluding steroid dienone is 2. The molecule has 2 nitrogen and oxygen atoms in total. The Bertz CT molecular complexity index is 402. The third-order valence-electron chi connectivity index (χ3n) is 1.97. The van der Waals surface area contributed by atoms with E-state index in [0.717, 1.165) is 4.88 Å². The second kappa shape index (κ2) is 4.00. The zero-order chi connectivity index (χ0) is 10.9. The van der Waals surface area contributed by atoms with Crippen LogP contribution >= 0.6 is 11.3 Å². The summed E-state index contributed by atoms with van der Waals surface area (Å²) in [6.45, 7) is 6.34. The van der Waals surface area contributed by atoms with Crippen LogP contribution in [-0.2, 0) is 0 Å². The molecular formula is C10H12FNOS. The number of ketones is 1. The van der Waals surface area contributed by atoms with Crippen molar-refractivity contribution in [3.63, 3.8) is 0 Å². The van der Waals surface area contributed by atoms with Gasteiger partial charge >= 0.3 is 0 Å². The third kappa shape index (κ3) is 2.07. The Balaban J connectivity index is 3.22. The molecule has 0 atom stereocenters. The highest BCUT2D eigenvalue weighted by Crippen LogP contribution is 2.26. The van der Waals surface area contributed by atoms with Gasteiger partial charge < -0.3 is 0 Å². The molecule has 0 aliphatic heterocycles. The van der Waals surface area contributed by atoms with Gasteiger partial charge in [0.05, 0.1) is 0 Å². The maximum atomic E-state index is 12.9. The SMILES string of the molecule is CC(=O)c1nc(C(C)=C(C)F)sc1C. The van der Waals surface area contributed by atoms with Crippen molar-refractivity contribution < 1.29 is 9.18 Å². The molecule has 76 valence electrons. The zero-order valence-electron chi connectivity index (χ0n) is 8.64. The van der Waals surface area contributed by atoms with Crippen LogP contribution in [-0.4, -0.2) is 10.8 Å². The van der Waals surface area contributed by atoms with Gasteiger partial charge in [0.25, 0.3) is 0 Å². The van der Waals surface area contributed by atoms with Gasteiger partial charge in [0.15, 0.2) is 5.78 Å². The molecule has 0 amide bonds. The normalized spacial score (nSPS) is 12.6. The molecule has 4 heteroatoms. The number of rotatable bonds is 2. The Kier molecular flexibility index (Phi) is 3.16. The molecule has 0 unspecified atom stereocenters. The van der Waals surface area contributed by atoms with Crippen LogP contribution in [0.15, 0.2) is 5.83 Å². The summed E-state index contributed by atoms with van der Waals surface area (Å²) in [4.78, 5) is 16.0. The summed E-state index contributed by atoms with van der Waals surface area (Å²) in [5, 5.41) is 0.590. The van der Waals surface area contributed by atoms with Crippen molar-refractivity contribution in [2.45, 2.75) is 27.7 Å². The number of hydrogen-bond acceptors (Lipinski definition) is 3. The molecule has 1 rings (SSSR count). The lowest BCUT2D eigenvalue weighted by Crippen LogP contribution is -1.94. The molecular weight excluding hydrogens is 201 g/mol. The lowest BCUT2D eigenvalue weighted by Gasteiger charge is -1.93. The maximum absolute atomic E-state index is 12.9. The highest BCUT2D eigenvalue weighted by atomic mass is 32.1. The van der Waals surface area contributed by atoms with E-state index in [9.17, 15) is 9.18 Å². The van der Waals surface area contributed by atoms with Crippen molar-refractivity contribution in [2.75, 3.05) is 0 Å². The van der Waals surface area contributed by atoms with Crippen molar-refractivity contribution in [3.05, 3.63) is 21.4 Å². The van der Waals surface area contributed by atoms with Gasteiger partial charge in [-0.05, 0) is 20.8 Å². The maximum Gasteiger partial charge on any atom is 0.179 e. The Morgan fingerprint density at radius 1 is 1.36 bits per heavy atom. The van der Waals surface area contributed by atoms with E-state index in [0.29, 0.717) is 16.3 Å². The molecule has 0 spiro atoms. The van der Waals surface area contributed by atoms with Crippen molar-refractivity contribution in [1.29, 1.82) is 0 Å². The number of Topliss-reactive ketones (excluding diaryl/α,β-unsaturated/α-hetero) is 1. The first-order valence-electron chi connectivity index (χ1n) is 4.25. The molecule has 0 saturated heterocycles. The topological polar surface area (TPSA) is 30.0 Å². The molecule has 0 aliphatic rings. The number of aryl methyl sites for hydroxylation is 1. The summed E-state index contributed by atoms with van der Waals surface area (Å²) < 4.78 is 12.9. The number of thiazole rings is 1. The molecule has 0 bridgehead atoms. The fraction of sp³-hybridized carbons (Fsp3) is 0.400. The van der Waals surface area contributed by atoms with Crippen LogP contribution in [0.5, 0.6) is 0 Å². The van der Waals surface area contributed by atoms with Gasteiger partial charge in [-0.25, -0.2) is 9.37 Å². The number of carbonyl (C=O) groups is 1. The molecule has 1 aromatic heterocycles. The van der Waals surface area contributed by atoms with Crippen LogP contribution in [0.4, 0.5) is 4.39 Å². The smallest absolute Gasteiger partial charge is 0.179 e. The second-order valence-corrected chi connectivity index (χ2v) is 4.34. The van der Waals surface area contributed by atoms with E-state index in [-0.39, 0.29) is 11.6 Å². The standard InChI is InChI=1S/C10H12FNOS/c1-5(6(2)11)10-12-9(7(3)13)8(4)14-10/h1-4H3. The van der Waals surface area contributed by atoms with Gasteiger partial charge in [0.2, 0.25) is 0 Å². The number of halogens is 1. The van der Waals surface area contributed by atoms with E-state index < -0.39 is 0 Å². The fourth-order valence-electron chi connectivity index (χ4n) is 1.03. The molecule has 14 heavy (non-hydrogen) atoms. The molecule has 0 aliphatic carbocycles. The molecule has 1 aromatic rings. The van der Waals surface area contributed by atoms with Crippen LogP contribution in [0.1, 0.15) is 41.1 Å². The van der Waals surface area contributed by atoms with E-state index in [4.69, 9.17) is 0 Å². The van der Waals surface area contributed by atoms with Gasteiger partial charge in [-0.3, -0.25) is 4.79 Å². The van der Waals surface area contributed by atoms with Gasteiger partial charge in [-0.2, -0.15) is 0 Å². The monoisotopic (exact) mass is 213 g/mol. The summed E-state index contributed by atoms with van der Waals surface area (Å²) in [5.74, 6) is -0.330. The molecule has 0 aromatic carbocycles. The first kappa shape index (κ1) is 11.0. The fourth-order valence-corrected chi connectivity index (χ4v) is 2.04. The van der Waals surface area contributed by atoms with E-state index in [2.05, 4.69) is 4.98 Å². The summed E-state index contributed by atoms with van der Waals surface area (Å²) in [7, 11) is 0. The van der Waals surface area contributed by atoms with Crippen molar-refractivity contribution >= 4 is 22.7 Å². The largest absolute Gasteiger partial charge is 0.293 e. The Morgan fingerprint density at radius 3 is 2.29 bits per heavy atom. The first-order chi connectivity index (χ1) is 6.43. The minimum Gasteiger partial charge on any atom is -0.293 e. The van der Waals surface area contributed by atoms with E-state index in [1.807, 2.05) is 6.92 Å². The number of carbonyl (C=O) groups excluding carboxylic acids is 1. The number of aromatic nitrogens is 1. The van der Waals surface area contributed by atoms with Crippen molar-refractivity contribution in [3.8, 4) is 0 Å². The van der Waals surface area contributed by atoms with Crippen molar-refractivity contribution in [1.82, 2.24) is 4.98 Å². The predicted octanol–water partition coefficient (Wildman–Crippen LogP) is 3.37. The summed E-state index contributed by atoms with van der Waals surface area (Å²) in [5.41, 5.74) is 0.955. The van der Waals surface area contributed by atoms with Gasteiger partial charge in [-0.15, -0.1) is 11.3 Å². The number of nitrogens with zero attached hydrogens (tertiary/aromatic N) is 1. The molecule has 0 fully saturated rings. The average Bonchev–Trinajstić information content (AvgIpc) is 2.45. The highest BCUT2D eigenvalue weighted by Gasteiger charge is 2.13. The third-order valence-corrected chi connectivity index (χ3v) is 3.06. The van der Waals surface area contributed by atoms with Crippen LogP contribution in [0.25, 0.3) is 5.57 Å². The van der Waals surface area contributed by atoms with Gasteiger partial charge in [0.1, 0.15) is 16.5 Å². The Hall–Kier alpha value is -1.03. The molecule has 0 saturated carbocycles. The summed E-state index contributed by atoms with van der Waals surface area (Å²) in [6.07, 6.45) is 0. The molecule has 0 radical (unpaired) electrons. The number of hydrogen-bond donors (Lipinski definition) is 0. The highest BCUT2D eigenvalue weighted by molar-refractivity contribution is 7.13. The van der Waals surface area contributed by atoms with Gasteiger partial charge in [-0.1, -0.05) is 0 Å². The second-order valence-electron chi connectivity index (χ2n) is 3.14. The predicted molar refractivity (Wildman–Crippen MR) is 56.2 cm³/mol. The van der Waals surface area contributed by atoms with Crippen LogP contribution in [0.3, 0.4) is 0 Å². The lowest BCUT2D eigenvalue weighted by molar-refractivity contribution is 0.101. The van der Waals surface area contributed by atoms with E-state index in [1.54, 1.807) is 6.92 Å². The van der Waals surface area contributed by atoms with E-state index in [1.165, 1.54) is 25.2 Å². The van der Waals surface area contributed by atoms with Crippen LogP contribution in [0.2, 0.25) is 0 Å². The lowest BCUT2D eigenvalue weighted by atomic mass is 10.2. The van der Waals surface area contributed by atoms with Crippen LogP contribution in [0, 0.1) is 6.92 Å².